The second kappa shape index (κ2) is 11.1. The van der Waals surface area contributed by atoms with E-state index < -0.39 is 6.10 Å². The van der Waals surface area contributed by atoms with Crippen molar-refractivity contribution in [1.29, 1.82) is 0 Å². The van der Waals surface area contributed by atoms with Gasteiger partial charge in [0.2, 0.25) is 0 Å². The van der Waals surface area contributed by atoms with Crippen molar-refractivity contribution in [1.82, 2.24) is 0 Å². The molecule has 2 aromatic carbocycles. The molecule has 1 N–H and O–H groups in total. The highest BCUT2D eigenvalue weighted by molar-refractivity contribution is 5.26. The quantitative estimate of drug-likeness (QED) is 0.601. The Morgan fingerprint density at radius 3 is 2.41 bits per heavy atom. The van der Waals surface area contributed by atoms with Crippen molar-refractivity contribution in [3.63, 3.8) is 0 Å². The summed E-state index contributed by atoms with van der Waals surface area (Å²) in [6.07, 6.45) is 1.13. The van der Waals surface area contributed by atoms with Crippen LogP contribution < -0.4 is 4.74 Å². The number of methoxy groups -OCH3 is 1. The number of ether oxygens (including phenoxy) is 5. The lowest BCUT2D eigenvalue weighted by molar-refractivity contribution is -0.251. The van der Waals surface area contributed by atoms with Crippen molar-refractivity contribution in [2.75, 3.05) is 13.7 Å². The summed E-state index contributed by atoms with van der Waals surface area (Å²) < 4.78 is 29.9. The second-order valence-corrected chi connectivity index (χ2v) is 8.32. The molecule has 6 nitrogen and oxygen atoms in total. The van der Waals surface area contributed by atoms with Crippen LogP contribution in [0.3, 0.4) is 0 Å². The molecule has 2 heterocycles. The first-order valence-electron chi connectivity index (χ1n) is 11.1. The molecule has 0 spiro atoms. The summed E-state index contributed by atoms with van der Waals surface area (Å²) in [4.78, 5) is 0. The van der Waals surface area contributed by atoms with Gasteiger partial charge in [0.15, 0.2) is 0 Å². The van der Waals surface area contributed by atoms with Crippen molar-refractivity contribution in [3.8, 4) is 5.75 Å². The average molecular weight is 441 g/mol. The SMILES string of the molecule is C=C[C@@H]1O[C@@H]2C[C@H](OCc3ccccc3)[C@@H](COCc3ccc(OC)cc3)O[C@H]2C[C@H]1O. The summed E-state index contributed by atoms with van der Waals surface area (Å²) in [5.41, 5.74) is 2.17. The van der Waals surface area contributed by atoms with E-state index in [0.29, 0.717) is 32.7 Å². The predicted molar refractivity (Wildman–Crippen MR) is 120 cm³/mol. The molecule has 2 aliphatic rings. The van der Waals surface area contributed by atoms with Crippen LogP contribution >= 0.6 is 0 Å². The minimum Gasteiger partial charge on any atom is -0.497 e. The Morgan fingerprint density at radius 1 is 0.969 bits per heavy atom. The fraction of sp³-hybridized carbons (Fsp3) is 0.462. The molecule has 0 aromatic heterocycles. The number of aliphatic hydroxyl groups excluding tert-OH is 1. The van der Waals surface area contributed by atoms with Crippen LogP contribution in [-0.4, -0.2) is 55.4 Å². The van der Waals surface area contributed by atoms with Gasteiger partial charge in [0.25, 0.3) is 0 Å². The number of rotatable bonds is 9. The van der Waals surface area contributed by atoms with Gasteiger partial charge in [0.1, 0.15) is 18.0 Å². The average Bonchev–Trinajstić information content (AvgIpc) is 2.83. The number of fused-ring (bicyclic) bond motifs is 1. The van der Waals surface area contributed by atoms with Gasteiger partial charge in [0.05, 0.1) is 51.3 Å². The predicted octanol–water partition coefficient (Wildman–Crippen LogP) is 3.66. The van der Waals surface area contributed by atoms with Gasteiger partial charge >= 0.3 is 0 Å². The zero-order valence-electron chi connectivity index (χ0n) is 18.5. The Morgan fingerprint density at radius 2 is 1.69 bits per heavy atom. The molecule has 6 atom stereocenters. The number of hydrogen-bond donors (Lipinski definition) is 1. The molecule has 32 heavy (non-hydrogen) atoms. The lowest BCUT2D eigenvalue weighted by Crippen LogP contribution is -2.56. The van der Waals surface area contributed by atoms with Gasteiger partial charge < -0.3 is 28.8 Å². The van der Waals surface area contributed by atoms with Gasteiger partial charge in [-0.25, -0.2) is 0 Å². The van der Waals surface area contributed by atoms with E-state index in [-0.39, 0.29) is 30.5 Å². The fourth-order valence-corrected chi connectivity index (χ4v) is 4.27. The maximum absolute atomic E-state index is 10.3. The molecule has 0 radical (unpaired) electrons. The van der Waals surface area contributed by atoms with Crippen LogP contribution in [0.4, 0.5) is 0 Å². The van der Waals surface area contributed by atoms with E-state index in [1.165, 1.54) is 0 Å². The molecular formula is C26H32O6. The molecule has 6 heteroatoms. The first kappa shape index (κ1) is 23.0. The molecule has 2 aliphatic heterocycles. The molecule has 0 unspecified atom stereocenters. The smallest absolute Gasteiger partial charge is 0.118 e. The maximum Gasteiger partial charge on any atom is 0.118 e. The van der Waals surface area contributed by atoms with E-state index >= 15 is 0 Å². The van der Waals surface area contributed by atoms with Gasteiger partial charge in [-0.3, -0.25) is 0 Å². The van der Waals surface area contributed by atoms with E-state index in [0.717, 1.165) is 16.9 Å². The fourth-order valence-electron chi connectivity index (χ4n) is 4.27. The topological polar surface area (TPSA) is 66.4 Å². The van der Waals surface area contributed by atoms with E-state index in [2.05, 4.69) is 6.58 Å². The van der Waals surface area contributed by atoms with Crippen molar-refractivity contribution in [3.05, 3.63) is 78.4 Å². The highest BCUT2D eigenvalue weighted by Crippen LogP contribution is 2.34. The molecular weight excluding hydrogens is 408 g/mol. The monoisotopic (exact) mass is 440 g/mol. The molecule has 2 aromatic rings. The largest absolute Gasteiger partial charge is 0.497 e. The molecule has 0 amide bonds. The van der Waals surface area contributed by atoms with Gasteiger partial charge in [-0.1, -0.05) is 48.5 Å². The highest BCUT2D eigenvalue weighted by atomic mass is 16.6. The summed E-state index contributed by atoms with van der Waals surface area (Å²) in [6.45, 7) is 5.14. The van der Waals surface area contributed by atoms with Crippen molar-refractivity contribution >= 4 is 0 Å². The third kappa shape index (κ3) is 5.77. The van der Waals surface area contributed by atoms with Gasteiger partial charge in [-0.15, -0.1) is 6.58 Å². The van der Waals surface area contributed by atoms with Crippen molar-refractivity contribution in [2.24, 2.45) is 0 Å². The van der Waals surface area contributed by atoms with Crippen LogP contribution in [0.1, 0.15) is 24.0 Å². The Kier molecular flexibility index (Phi) is 7.95. The molecule has 0 aliphatic carbocycles. The Balaban J connectivity index is 1.38. The molecule has 2 fully saturated rings. The molecule has 0 bridgehead atoms. The number of aliphatic hydroxyl groups is 1. The summed E-state index contributed by atoms with van der Waals surface area (Å²) in [6, 6.07) is 17.9. The molecule has 4 rings (SSSR count). The van der Waals surface area contributed by atoms with Crippen LogP contribution in [0.2, 0.25) is 0 Å². The van der Waals surface area contributed by atoms with E-state index in [1.54, 1.807) is 13.2 Å². The minimum atomic E-state index is -0.614. The normalized spacial score (nSPS) is 29.8. The van der Waals surface area contributed by atoms with Gasteiger partial charge in [-0.05, 0) is 23.3 Å². The van der Waals surface area contributed by atoms with Crippen molar-refractivity contribution in [2.45, 2.75) is 62.7 Å². The van der Waals surface area contributed by atoms with Crippen LogP contribution in [0, 0.1) is 0 Å². The van der Waals surface area contributed by atoms with Gasteiger partial charge in [0, 0.05) is 12.8 Å². The highest BCUT2D eigenvalue weighted by Gasteiger charge is 2.45. The minimum absolute atomic E-state index is 0.139. The van der Waals surface area contributed by atoms with Crippen LogP contribution in [-0.2, 0) is 32.2 Å². The summed E-state index contributed by atoms with van der Waals surface area (Å²) in [5.74, 6) is 0.818. The molecule has 0 saturated carbocycles. The lowest BCUT2D eigenvalue weighted by Gasteiger charge is -2.46. The Labute approximate surface area is 189 Å². The van der Waals surface area contributed by atoms with Crippen molar-refractivity contribution < 1.29 is 28.8 Å². The van der Waals surface area contributed by atoms with E-state index in [9.17, 15) is 5.11 Å². The summed E-state index contributed by atoms with van der Waals surface area (Å²) in [7, 11) is 1.65. The number of benzene rings is 2. The van der Waals surface area contributed by atoms with Crippen LogP contribution in [0.15, 0.2) is 67.3 Å². The van der Waals surface area contributed by atoms with E-state index in [4.69, 9.17) is 23.7 Å². The van der Waals surface area contributed by atoms with Crippen LogP contribution in [0.5, 0.6) is 5.75 Å². The first-order chi connectivity index (χ1) is 15.7. The lowest BCUT2D eigenvalue weighted by atomic mass is 9.90. The third-order valence-electron chi connectivity index (χ3n) is 6.08. The van der Waals surface area contributed by atoms with E-state index in [1.807, 2.05) is 54.6 Å². The zero-order chi connectivity index (χ0) is 22.3. The third-order valence-corrected chi connectivity index (χ3v) is 6.08. The number of hydrogen-bond acceptors (Lipinski definition) is 6. The maximum atomic E-state index is 10.3. The zero-order valence-corrected chi connectivity index (χ0v) is 18.5. The second-order valence-electron chi connectivity index (χ2n) is 8.32. The molecule has 2 saturated heterocycles. The first-order valence-corrected chi connectivity index (χ1v) is 11.1. The van der Waals surface area contributed by atoms with Gasteiger partial charge in [-0.2, -0.15) is 0 Å². The summed E-state index contributed by atoms with van der Waals surface area (Å²) in [5, 5.41) is 10.3. The Hall–Kier alpha value is -2.22. The Bertz CT molecular complexity index is 839. The standard InChI is InChI=1S/C26H32O6/c1-3-22-21(27)13-24-25(31-22)14-23(30-16-18-7-5-4-6-8-18)26(32-24)17-29-15-19-9-11-20(28-2)12-10-19/h3-12,21-27H,1,13-17H2,2H3/t21-,22+,23+,24+,25-,26-/m1/s1. The molecule has 172 valence electrons. The van der Waals surface area contributed by atoms with Crippen LogP contribution in [0.25, 0.3) is 0 Å². The summed E-state index contributed by atoms with van der Waals surface area (Å²) >= 11 is 0.